The van der Waals surface area contributed by atoms with Gasteiger partial charge in [-0.3, -0.25) is 9.59 Å². The number of esters is 1. The molecular weight excluding hydrogens is 430 g/mol. The minimum absolute atomic E-state index is 0.0514. The van der Waals surface area contributed by atoms with Crippen molar-refractivity contribution < 1.29 is 28.6 Å². The summed E-state index contributed by atoms with van der Waals surface area (Å²) >= 11 is 2.05. The molecule has 2 N–H and O–H groups in total. The van der Waals surface area contributed by atoms with Gasteiger partial charge >= 0.3 is 5.97 Å². The number of methoxy groups -OCH3 is 1. The average molecular weight is 447 g/mol. The molecule has 2 aromatic heterocycles. The smallest absolute Gasteiger partial charge is 0.341 e. The second-order valence-corrected chi connectivity index (χ2v) is 8.01. The number of benzene rings is 1. The Kier molecular flexibility index (Phi) is 6.53. The van der Waals surface area contributed by atoms with Gasteiger partial charge in [0.15, 0.2) is 5.78 Å². The third-order valence-electron chi connectivity index (χ3n) is 3.96. The Hall–Kier alpha value is -3.18. The van der Waals surface area contributed by atoms with Crippen molar-refractivity contribution in [2.75, 3.05) is 18.2 Å². The number of hydrogen-bond acceptors (Lipinski definition) is 10. The summed E-state index contributed by atoms with van der Waals surface area (Å²) in [6.45, 7) is 3.02. The number of Topliss-reactive ketones (excluding diaryl/α,β-unsaturated/α-hetero) is 1. The Bertz CT molecular complexity index is 1100. The topological polar surface area (TPSA) is 132 Å². The number of aromatic nitrogens is 2. The van der Waals surface area contributed by atoms with E-state index in [9.17, 15) is 19.5 Å². The van der Waals surface area contributed by atoms with Gasteiger partial charge in [-0.2, -0.15) is 0 Å². The number of amides is 1. The lowest BCUT2D eigenvalue weighted by molar-refractivity contribution is -0.113. The van der Waals surface area contributed by atoms with Gasteiger partial charge in [-0.05, 0) is 43.7 Å². The summed E-state index contributed by atoms with van der Waals surface area (Å²) in [5.41, 5.74) is 1.27. The van der Waals surface area contributed by atoms with Gasteiger partial charge < -0.3 is 19.6 Å². The molecule has 0 aliphatic carbocycles. The van der Waals surface area contributed by atoms with Crippen LogP contribution in [0.2, 0.25) is 0 Å². The van der Waals surface area contributed by atoms with E-state index in [1.807, 2.05) is 0 Å². The van der Waals surface area contributed by atoms with E-state index in [-0.39, 0.29) is 39.0 Å². The molecule has 0 saturated carbocycles. The zero-order chi connectivity index (χ0) is 21.8. The lowest BCUT2D eigenvalue weighted by atomic mass is 10.1. The van der Waals surface area contributed by atoms with Gasteiger partial charge in [0.25, 0.3) is 5.22 Å². The number of aromatic hydroxyl groups is 1. The Morgan fingerprint density at radius 1 is 1.23 bits per heavy atom. The molecule has 3 aromatic rings. The number of nitrogens with zero attached hydrogens (tertiary/aromatic N) is 2. The number of hydrogen-bond donors (Lipinski definition) is 2. The van der Waals surface area contributed by atoms with Crippen molar-refractivity contribution in [2.45, 2.75) is 19.1 Å². The normalized spacial score (nSPS) is 10.6. The Morgan fingerprint density at radius 3 is 2.57 bits per heavy atom. The summed E-state index contributed by atoms with van der Waals surface area (Å²) in [5, 5.41) is 20.2. The van der Waals surface area contributed by atoms with Crippen LogP contribution in [-0.2, 0) is 9.53 Å². The van der Waals surface area contributed by atoms with E-state index < -0.39 is 11.9 Å². The molecular formula is C19H17N3O6S2. The van der Waals surface area contributed by atoms with Gasteiger partial charge in [0.1, 0.15) is 10.8 Å². The Balaban J connectivity index is 1.68. The molecule has 0 radical (unpaired) electrons. The maximum absolute atomic E-state index is 12.4. The highest BCUT2D eigenvalue weighted by Gasteiger charge is 2.25. The number of thiophene rings is 1. The number of carbonyl (C=O) groups is 3. The number of thioether (sulfide) groups is 1. The fourth-order valence-corrected chi connectivity index (χ4v) is 4.23. The zero-order valence-corrected chi connectivity index (χ0v) is 17.8. The molecule has 0 atom stereocenters. The Morgan fingerprint density at radius 2 is 1.93 bits per heavy atom. The first kappa shape index (κ1) is 21.5. The van der Waals surface area contributed by atoms with Gasteiger partial charge in [0.2, 0.25) is 11.8 Å². The van der Waals surface area contributed by atoms with Crippen LogP contribution in [0, 0.1) is 6.92 Å². The van der Waals surface area contributed by atoms with E-state index in [4.69, 9.17) is 9.15 Å². The molecule has 0 unspecified atom stereocenters. The van der Waals surface area contributed by atoms with Crippen molar-refractivity contribution in [1.29, 1.82) is 0 Å². The van der Waals surface area contributed by atoms with Crippen LogP contribution in [0.15, 0.2) is 33.9 Å². The fraction of sp³-hybridized carbons (Fsp3) is 0.211. The molecule has 0 bridgehead atoms. The molecule has 11 heteroatoms. The second-order valence-electron chi connectivity index (χ2n) is 6.06. The van der Waals surface area contributed by atoms with Gasteiger partial charge in [0, 0.05) is 5.56 Å². The quantitative estimate of drug-likeness (QED) is 0.317. The minimum Gasteiger partial charge on any atom is -0.508 e. The number of ether oxygens (including phenoxy) is 1. The molecule has 156 valence electrons. The van der Waals surface area contributed by atoms with Crippen LogP contribution in [0.25, 0.3) is 11.5 Å². The van der Waals surface area contributed by atoms with Crippen molar-refractivity contribution in [2.24, 2.45) is 0 Å². The van der Waals surface area contributed by atoms with E-state index >= 15 is 0 Å². The molecule has 9 nitrogen and oxygen atoms in total. The molecule has 0 saturated heterocycles. The van der Waals surface area contributed by atoms with Gasteiger partial charge in [0.05, 0.1) is 23.3 Å². The maximum Gasteiger partial charge on any atom is 0.341 e. The summed E-state index contributed by atoms with van der Waals surface area (Å²) in [6.07, 6.45) is 0. The zero-order valence-electron chi connectivity index (χ0n) is 16.2. The number of anilines is 1. The summed E-state index contributed by atoms with van der Waals surface area (Å²) in [6, 6.07) is 6.25. The highest BCUT2D eigenvalue weighted by Crippen LogP contribution is 2.34. The first-order valence-electron chi connectivity index (χ1n) is 8.58. The highest BCUT2D eigenvalue weighted by molar-refractivity contribution is 7.99. The lowest BCUT2D eigenvalue weighted by Crippen LogP contribution is -2.16. The minimum atomic E-state index is -0.630. The molecule has 1 amide bonds. The van der Waals surface area contributed by atoms with Gasteiger partial charge in [-0.15, -0.1) is 21.5 Å². The van der Waals surface area contributed by atoms with Crippen molar-refractivity contribution in [3.05, 3.63) is 40.3 Å². The summed E-state index contributed by atoms with van der Waals surface area (Å²) in [4.78, 5) is 36.6. The first-order chi connectivity index (χ1) is 14.3. The fourth-order valence-electron chi connectivity index (χ4n) is 2.56. The van der Waals surface area contributed by atoms with Gasteiger partial charge in [-0.1, -0.05) is 11.8 Å². The summed E-state index contributed by atoms with van der Waals surface area (Å²) in [5.74, 6) is -0.923. The van der Waals surface area contributed by atoms with Crippen molar-refractivity contribution >= 4 is 45.8 Å². The number of carbonyl (C=O) groups excluding carboxylic acids is 3. The largest absolute Gasteiger partial charge is 0.508 e. The van der Waals surface area contributed by atoms with Crippen LogP contribution < -0.4 is 5.32 Å². The van der Waals surface area contributed by atoms with E-state index in [1.54, 1.807) is 19.1 Å². The van der Waals surface area contributed by atoms with Crippen LogP contribution in [0.1, 0.15) is 32.5 Å². The van der Waals surface area contributed by atoms with Crippen LogP contribution in [0.4, 0.5) is 5.00 Å². The highest BCUT2D eigenvalue weighted by atomic mass is 32.2. The summed E-state index contributed by atoms with van der Waals surface area (Å²) < 4.78 is 10.3. The molecule has 1 aromatic carbocycles. The van der Waals surface area contributed by atoms with Crippen LogP contribution in [0.5, 0.6) is 5.75 Å². The predicted molar refractivity (Wildman–Crippen MR) is 111 cm³/mol. The molecule has 3 rings (SSSR count). The van der Waals surface area contributed by atoms with Gasteiger partial charge in [-0.25, -0.2) is 4.79 Å². The number of ketones is 1. The number of nitrogens with one attached hydrogen (secondary N) is 1. The van der Waals surface area contributed by atoms with Crippen LogP contribution in [-0.4, -0.2) is 45.8 Å². The average Bonchev–Trinajstić information content (AvgIpc) is 3.31. The standard InChI is InChI=1S/C19H17N3O6S2/c1-9-14(18(26)27-3)17(30-15(9)10(2)23)20-13(25)8-29-19-22-21-16(28-19)11-4-6-12(24)7-5-11/h4-7,24H,8H2,1-3H3,(H,20,25). The van der Waals surface area contributed by atoms with E-state index in [0.29, 0.717) is 16.0 Å². The monoisotopic (exact) mass is 447 g/mol. The number of phenolic OH excluding ortho intramolecular Hbond substituents is 1. The van der Waals surface area contributed by atoms with Crippen molar-refractivity contribution in [3.8, 4) is 17.2 Å². The third-order valence-corrected chi connectivity index (χ3v) is 6.08. The van der Waals surface area contributed by atoms with Crippen LogP contribution >= 0.6 is 23.1 Å². The molecule has 30 heavy (non-hydrogen) atoms. The lowest BCUT2D eigenvalue weighted by Gasteiger charge is -2.05. The maximum atomic E-state index is 12.4. The summed E-state index contributed by atoms with van der Waals surface area (Å²) in [7, 11) is 1.23. The van der Waals surface area contributed by atoms with E-state index in [1.165, 1.54) is 26.2 Å². The third kappa shape index (κ3) is 4.69. The van der Waals surface area contributed by atoms with E-state index in [0.717, 1.165) is 23.1 Å². The number of rotatable bonds is 7. The first-order valence-corrected chi connectivity index (χ1v) is 10.4. The SMILES string of the molecule is COC(=O)c1c(NC(=O)CSc2nnc(-c3ccc(O)cc3)o2)sc(C(C)=O)c1C. The predicted octanol–water partition coefficient (Wildman–Crippen LogP) is 3.53. The molecule has 2 heterocycles. The molecule has 0 aliphatic rings. The van der Waals surface area contributed by atoms with Crippen molar-refractivity contribution in [1.82, 2.24) is 10.2 Å². The molecule has 0 fully saturated rings. The van der Waals surface area contributed by atoms with Crippen LogP contribution in [0.3, 0.4) is 0 Å². The van der Waals surface area contributed by atoms with E-state index in [2.05, 4.69) is 15.5 Å². The molecule has 0 spiro atoms. The number of phenols is 1. The molecule has 0 aliphatic heterocycles. The Labute approximate surface area is 179 Å². The second kappa shape index (κ2) is 9.09. The van der Waals surface area contributed by atoms with Crippen molar-refractivity contribution in [3.63, 3.8) is 0 Å².